The molecule has 3 aliphatic rings. The van der Waals surface area contributed by atoms with Crippen molar-refractivity contribution in [1.82, 2.24) is 14.7 Å². The molecule has 3 amide bonds. The van der Waals surface area contributed by atoms with E-state index in [-0.39, 0.29) is 23.8 Å². The van der Waals surface area contributed by atoms with Crippen LogP contribution in [0.2, 0.25) is 0 Å². The van der Waals surface area contributed by atoms with E-state index in [1.165, 1.54) is 12.1 Å². The van der Waals surface area contributed by atoms with Gasteiger partial charge in [0.05, 0.1) is 0 Å². The van der Waals surface area contributed by atoms with Gasteiger partial charge < -0.3 is 14.7 Å². The number of piperidine rings is 1. The largest absolute Gasteiger partial charge is 0.338 e. The van der Waals surface area contributed by atoms with Gasteiger partial charge in [0.2, 0.25) is 5.91 Å². The second-order valence-electron chi connectivity index (χ2n) is 7.65. The van der Waals surface area contributed by atoms with Crippen molar-refractivity contribution in [2.45, 2.75) is 31.1 Å². The van der Waals surface area contributed by atoms with Crippen molar-refractivity contribution < 1.29 is 14.0 Å². The Morgan fingerprint density at radius 2 is 1.89 bits per heavy atom. The van der Waals surface area contributed by atoms with Crippen LogP contribution in [0.3, 0.4) is 0 Å². The fourth-order valence-electron chi connectivity index (χ4n) is 3.90. The molecule has 3 saturated heterocycles. The zero-order chi connectivity index (χ0) is 19.4. The zero-order valence-electron chi connectivity index (χ0n) is 16.1. The maximum atomic E-state index is 12.9. The van der Waals surface area contributed by atoms with E-state index in [0.717, 1.165) is 43.0 Å². The molecule has 1 aromatic carbocycles. The maximum absolute atomic E-state index is 12.9. The number of carbonyl (C=O) groups is 2. The van der Waals surface area contributed by atoms with Crippen LogP contribution in [0.5, 0.6) is 0 Å². The van der Waals surface area contributed by atoms with E-state index >= 15 is 0 Å². The smallest absolute Gasteiger partial charge is 0.319 e. The average Bonchev–Trinajstić information content (AvgIpc) is 2.97. The quantitative estimate of drug-likeness (QED) is 0.722. The number of fused-ring (bicyclic) bond motifs is 4. The van der Waals surface area contributed by atoms with Crippen molar-refractivity contribution in [3.05, 3.63) is 35.6 Å². The van der Waals surface area contributed by atoms with Crippen LogP contribution in [-0.4, -0.2) is 72.2 Å². The molecule has 1 aromatic rings. The summed E-state index contributed by atoms with van der Waals surface area (Å²) >= 11 is 1.70. The van der Waals surface area contributed by atoms with Crippen molar-refractivity contribution >= 4 is 23.7 Å². The van der Waals surface area contributed by atoms with Crippen LogP contribution >= 0.6 is 11.8 Å². The van der Waals surface area contributed by atoms with Crippen LogP contribution in [0.25, 0.3) is 0 Å². The number of benzene rings is 1. The zero-order valence-corrected chi connectivity index (χ0v) is 16.9. The Bertz CT molecular complexity index is 668. The topological polar surface area (TPSA) is 43.9 Å². The normalized spacial score (nSPS) is 21.9. The molecule has 0 spiro atoms. The molecule has 2 bridgehead atoms. The molecule has 148 valence electrons. The van der Waals surface area contributed by atoms with E-state index in [1.807, 2.05) is 9.80 Å². The third-order valence-electron chi connectivity index (χ3n) is 5.33. The van der Waals surface area contributed by atoms with Gasteiger partial charge in [-0.3, -0.25) is 4.79 Å². The molecule has 4 rings (SSSR count). The first-order valence-corrected chi connectivity index (χ1v) is 10.7. The molecule has 0 aliphatic carbocycles. The molecular formula is C20H28FN3O2S. The van der Waals surface area contributed by atoms with Gasteiger partial charge in [-0.25, -0.2) is 9.18 Å². The monoisotopic (exact) mass is 393 g/mol. The number of urea groups is 1. The Morgan fingerprint density at radius 3 is 2.59 bits per heavy atom. The number of rotatable bonds is 5. The lowest BCUT2D eigenvalue weighted by Gasteiger charge is -2.36. The minimum atomic E-state index is -0.225. The van der Waals surface area contributed by atoms with Gasteiger partial charge in [0.15, 0.2) is 0 Å². The Hall–Kier alpha value is -1.76. The molecule has 0 aromatic heterocycles. The Balaban J connectivity index is 1.48. The van der Waals surface area contributed by atoms with Crippen LogP contribution < -0.4 is 0 Å². The first kappa shape index (κ1) is 20.0. The highest BCUT2D eigenvalue weighted by atomic mass is 32.2. The molecule has 0 N–H and O–H groups in total. The van der Waals surface area contributed by atoms with E-state index in [9.17, 15) is 14.0 Å². The van der Waals surface area contributed by atoms with Crippen LogP contribution in [0.1, 0.15) is 24.8 Å². The van der Waals surface area contributed by atoms with Crippen molar-refractivity contribution in [2.75, 3.05) is 39.5 Å². The number of nitrogens with zero attached hydrogens (tertiary/aromatic N) is 3. The van der Waals surface area contributed by atoms with Gasteiger partial charge in [-0.2, -0.15) is 11.8 Å². The molecule has 3 heterocycles. The van der Waals surface area contributed by atoms with E-state index in [2.05, 4.69) is 0 Å². The lowest BCUT2D eigenvalue weighted by molar-refractivity contribution is -0.134. The van der Waals surface area contributed by atoms with E-state index in [0.29, 0.717) is 18.9 Å². The third-order valence-corrected chi connectivity index (χ3v) is 6.36. The summed E-state index contributed by atoms with van der Waals surface area (Å²) in [5.74, 6) is 1.88. The first-order chi connectivity index (χ1) is 12.9. The number of halogens is 1. The number of carbonyl (C=O) groups excluding carboxylic acids is 2. The number of hydrogen-bond donors (Lipinski definition) is 0. The molecule has 2 atom stereocenters. The molecule has 0 saturated carbocycles. The summed E-state index contributed by atoms with van der Waals surface area (Å²) in [5.41, 5.74) is 1.07. The van der Waals surface area contributed by atoms with Crippen molar-refractivity contribution in [1.29, 1.82) is 0 Å². The number of thioether (sulfide) groups is 1. The molecule has 5 nitrogen and oxygen atoms in total. The molecule has 7 heteroatoms. The van der Waals surface area contributed by atoms with Crippen LogP contribution in [0.15, 0.2) is 24.3 Å². The molecule has 27 heavy (non-hydrogen) atoms. The summed E-state index contributed by atoms with van der Waals surface area (Å²) in [6.45, 7) is 2.15. The van der Waals surface area contributed by atoms with Gasteiger partial charge in [-0.15, -0.1) is 0 Å². The van der Waals surface area contributed by atoms with E-state index in [1.54, 1.807) is 42.9 Å². The fraction of sp³-hybridized carbons (Fsp3) is 0.600. The average molecular weight is 394 g/mol. The van der Waals surface area contributed by atoms with E-state index in [4.69, 9.17) is 0 Å². The van der Waals surface area contributed by atoms with E-state index < -0.39 is 0 Å². The highest BCUT2D eigenvalue weighted by Gasteiger charge is 2.38. The predicted octanol–water partition coefficient (Wildman–Crippen LogP) is 3.05. The van der Waals surface area contributed by atoms with Gasteiger partial charge in [0.25, 0.3) is 0 Å². The Morgan fingerprint density at radius 1 is 1.15 bits per heavy atom. The van der Waals surface area contributed by atoms with Gasteiger partial charge in [0, 0.05) is 57.7 Å². The first-order valence-electron chi connectivity index (χ1n) is 9.52. The van der Waals surface area contributed by atoms with Crippen LogP contribution in [-0.2, 0) is 10.5 Å². The summed E-state index contributed by atoms with van der Waals surface area (Å²) < 4.78 is 12.9. The second-order valence-corrected chi connectivity index (χ2v) is 8.76. The third kappa shape index (κ3) is 5.15. The predicted molar refractivity (Wildman–Crippen MR) is 106 cm³/mol. The Labute approximate surface area is 164 Å². The van der Waals surface area contributed by atoms with Gasteiger partial charge in [-0.1, -0.05) is 12.1 Å². The maximum Gasteiger partial charge on any atom is 0.319 e. The fourth-order valence-corrected chi connectivity index (χ4v) is 4.79. The van der Waals surface area contributed by atoms with Gasteiger partial charge in [0.1, 0.15) is 5.82 Å². The molecule has 0 radical (unpaired) electrons. The minimum absolute atomic E-state index is 0.0380. The molecule has 3 aliphatic heterocycles. The lowest BCUT2D eigenvalue weighted by atomic mass is 9.95. The summed E-state index contributed by atoms with van der Waals surface area (Å²) in [6.07, 6.45) is 2.58. The standard InChI is InChI=1S/C20H28FN3O2S/c1-22(2)20(26)23-11-16-5-8-18(13-23)24(12-16)19(25)9-10-27-14-15-3-6-17(21)7-4-15/h3-4,6-7,16,18H,5,8-14H2,1-2H3/t16-,18+/m0/s1. The lowest BCUT2D eigenvalue weighted by Crippen LogP contribution is -2.48. The van der Waals surface area contributed by atoms with Gasteiger partial charge in [-0.05, 0) is 36.5 Å². The highest BCUT2D eigenvalue weighted by molar-refractivity contribution is 7.98. The minimum Gasteiger partial charge on any atom is -0.338 e. The van der Waals surface area contributed by atoms with Crippen molar-refractivity contribution in [2.24, 2.45) is 5.92 Å². The van der Waals surface area contributed by atoms with Crippen molar-refractivity contribution in [3.63, 3.8) is 0 Å². The number of hydrogen-bond acceptors (Lipinski definition) is 3. The summed E-state index contributed by atoms with van der Waals surface area (Å²) in [4.78, 5) is 30.6. The number of amides is 3. The van der Waals surface area contributed by atoms with Gasteiger partial charge >= 0.3 is 6.03 Å². The Kier molecular flexibility index (Phi) is 6.63. The summed E-state index contributed by atoms with van der Waals surface area (Å²) in [6, 6.07) is 6.69. The van der Waals surface area contributed by atoms with Crippen molar-refractivity contribution in [3.8, 4) is 0 Å². The SMILES string of the molecule is CN(C)C(=O)N1C[C@@H]2CC[C@H](C1)N(C(=O)CCSCc1ccc(F)cc1)C2. The van der Waals surface area contributed by atoms with Crippen LogP contribution in [0.4, 0.5) is 9.18 Å². The molecule has 0 unspecified atom stereocenters. The summed E-state index contributed by atoms with van der Waals surface area (Å²) in [7, 11) is 3.55. The molecule has 3 fully saturated rings. The highest BCUT2D eigenvalue weighted by Crippen LogP contribution is 2.29. The summed E-state index contributed by atoms with van der Waals surface area (Å²) in [5, 5.41) is 0. The second kappa shape index (κ2) is 8.95. The molecular weight excluding hydrogens is 365 g/mol. The van der Waals surface area contributed by atoms with Crippen LogP contribution in [0, 0.1) is 11.7 Å².